The van der Waals surface area contributed by atoms with Crippen LogP contribution in [0.2, 0.25) is 0 Å². The largest absolute Gasteiger partial charge is 0.321 e. The molecule has 1 heterocycles. The predicted octanol–water partition coefficient (Wildman–Crippen LogP) is 5.24. The number of anilines is 2. The van der Waals surface area contributed by atoms with Crippen LogP contribution >= 0.6 is 11.8 Å². The van der Waals surface area contributed by atoms with Crippen molar-refractivity contribution in [2.45, 2.75) is 16.7 Å². The van der Waals surface area contributed by atoms with Crippen LogP contribution in [0.25, 0.3) is 0 Å². The Labute approximate surface area is 164 Å². The molecule has 3 aromatic rings. The van der Waals surface area contributed by atoms with Crippen LogP contribution in [0.1, 0.15) is 26.3 Å². The number of benzene rings is 3. The van der Waals surface area contributed by atoms with Gasteiger partial charge in [-0.15, -0.1) is 0 Å². The Morgan fingerprint density at radius 1 is 1.00 bits per heavy atom. The van der Waals surface area contributed by atoms with Gasteiger partial charge in [0.2, 0.25) is 0 Å². The Morgan fingerprint density at radius 3 is 2.57 bits per heavy atom. The summed E-state index contributed by atoms with van der Waals surface area (Å²) in [5.41, 5.74) is 1.75. The number of aryl methyl sites for hydroxylation is 1. The molecule has 0 unspecified atom stereocenters. The molecule has 4 rings (SSSR count). The minimum atomic E-state index is -0.524. The molecule has 1 aliphatic heterocycles. The average molecular weight is 396 g/mol. The lowest BCUT2D eigenvalue weighted by Gasteiger charge is -2.10. The third-order valence-electron chi connectivity index (χ3n) is 4.27. The van der Waals surface area contributed by atoms with Crippen molar-refractivity contribution in [2.75, 3.05) is 10.6 Å². The van der Waals surface area contributed by atoms with E-state index in [9.17, 15) is 18.4 Å². The molecule has 0 aliphatic carbocycles. The first-order chi connectivity index (χ1) is 13.4. The zero-order valence-corrected chi connectivity index (χ0v) is 15.5. The Bertz CT molecular complexity index is 1130. The molecular weight excluding hydrogens is 382 g/mol. The zero-order valence-electron chi connectivity index (χ0n) is 14.7. The molecule has 140 valence electrons. The summed E-state index contributed by atoms with van der Waals surface area (Å²) < 4.78 is 27.5. The van der Waals surface area contributed by atoms with Gasteiger partial charge in [0, 0.05) is 15.4 Å². The summed E-state index contributed by atoms with van der Waals surface area (Å²) in [6.07, 6.45) is 0. The van der Waals surface area contributed by atoms with Crippen molar-refractivity contribution in [3.8, 4) is 0 Å². The minimum absolute atomic E-state index is 0.0758. The first kappa shape index (κ1) is 18.2. The summed E-state index contributed by atoms with van der Waals surface area (Å²) in [4.78, 5) is 26.3. The van der Waals surface area contributed by atoms with Gasteiger partial charge >= 0.3 is 0 Å². The zero-order chi connectivity index (χ0) is 19.8. The van der Waals surface area contributed by atoms with Crippen LogP contribution in [0.3, 0.4) is 0 Å². The van der Waals surface area contributed by atoms with Gasteiger partial charge in [-0.25, -0.2) is 8.78 Å². The fourth-order valence-electron chi connectivity index (χ4n) is 2.85. The van der Waals surface area contributed by atoms with Crippen LogP contribution < -0.4 is 10.6 Å². The van der Waals surface area contributed by atoms with Crippen LogP contribution in [0.5, 0.6) is 0 Å². The lowest BCUT2D eigenvalue weighted by atomic mass is 10.1. The van der Waals surface area contributed by atoms with Crippen molar-refractivity contribution in [1.82, 2.24) is 0 Å². The monoisotopic (exact) mass is 396 g/mol. The molecule has 0 spiro atoms. The molecule has 0 radical (unpaired) electrons. The van der Waals surface area contributed by atoms with E-state index in [0.29, 0.717) is 10.6 Å². The quantitative estimate of drug-likeness (QED) is 0.623. The average Bonchev–Trinajstić information content (AvgIpc) is 2.79. The van der Waals surface area contributed by atoms with E-state index in [2.05, 4.69) is 10.6 Å². The summed E-state index contributed by atoms with van der Waals surface area (Å²) in [5, 5.41) is 5.23. The van der Waals surface area contributed by atoms with E-state index in [-0.39, 0.29) is 16.8 Å². The fraction of sp³-hybridized carbons (Fsp3) is 0.0476. The fourth-order valence-corrected chi connectivity index (χ4v) is 3.84. The summed E-state index contributed by atoms with van der Waals surface area (Å²) in [6, 6.07) is 13.3. The summed E-state index contributed by atoms with van der Waals surface area (Å²) in [7, 11) is 0. The third-order valence-corrected chi connectivity index (χ3v) is 5.42. The second-order valence-electron chi connectivity index (χ2n) is 6.35. The SMILES string of the molecule is Cc1ccc(NC(=O)c2ccc3c(c2)NC(=O)c2cc(F)ccc2S3)c(F)c1. The normalized spacial score (nSPS) is 12.5. The first-order valence-electron chi connectivity index (χ1n) is 8.41. The molecule has 4 nitrogen and oxygen atoms in total. The van der Waals surface area contributed by atoms with Crippen LogP contribution in [-0.2, 0) is 0 Å². The second-order valence-corrected chi connectivity index (χ2v) is 7.43. The van der Waals surface area contributed by atoms with Crippen molar-refractivity contribution in [1.29, 1.82) is 0 Å². The van der Waals surface area contributed by atoms with Crippen molar-refractivity contribution in [3.05, 3.63) is 82.9 Å². The van der Waals surface area contributed by atoms with Gasteiger partial charge < -0.3 is 10.6 Å². The second kappa shape index (κ2) is 7.09. The Balaban J connectivity index is 1.63. The van der Waals surface area contributed by atoms with Crippen molar-refractivity contribution in [3.63, 3.8) is 0 Å². The van der Waals surface area contributed by atoms with E-state index in [1.165, 1.54) is 42.1 Å². The molecule has 0 atom stereocenters. The molecule has 0 aromatic heterocycles. The molecule has 3 aromatic carbocycles. The van der Waals surface area contributed by atoms with Gasteiger partial charge in [0.15, 0.2) is 0 Å². The first-order valence-corrected chi connectivity index (χ1v) is 9.23. The van der Waals surface area contributed by atoms with Crippen LogP contribution in [0, 0.1) is 18.6 Å². The molecular formula is C21H14F2N2O2S. The Kier molecular flexibility index (Phi) is 4.60. The maximum Gasteiger partial charge on any atom is 0.256 e. The predicted molar refractivity (Wildman–Crippen MR) is 104 cm³/mol. The molecule has 7 heteroatoms. The lowest BCUT2D eigenvalue weighted by Crippen LogP contribution is -2.15. The van der Waals surface area contributed by atoms with Gasteiger partial charge in [0.25, 0.3) is 11.8 Å². The molecule has 0 bridgehead atoms. The van der Waals surface area contributed by atoms with Gasteiger partial charge in [0.1, 0.15) is 11.6 Å². The van der Waals surface area contributed by atoms with Gasteiger partial charge in [-0.05, 0) is 61.0 Å². The smallest absolute Gasteiger partial charge is 0.256 e. The molecule has 0 saturated carbocycles. The number of nitrogens with one attached hydrogen (secondary N) is 2. The topological polar surface area (TPSA) is 58.2 Å². The van der Waals surface area contributed by atoms with Crippen molar-refractivity contribution in [2.24, 2.45) is 0 Å². The van der Waals surface area contributed by atoms with Gasteiger partial charge in [-0.3, -0.25) is 9.59 Å². The van der Waals surface area contributed by atoms with Crippen molar-refractivity contribution >= 4 is 35.0 Å². The maximum atomic E-state index is 14.0. The highest BCUT2D eigenvalue weighted by Crippen LogP contribution is 2.39. The number of hydrogen-bond donors (Lipinski definition) is 2. The molecule has 0 fully saturated rings. The van der Waals surface area contributed by atoms with Gasteiger partial charge in [-0.2, -0.15) is 0 Å². The summed E-state index contributed by atoms with van der Waals surface area (Å²) in [6.45, 7) is 1.76. The molecule has 2 amide bonds. The number of carbonyl (C=O) groups is 2. The number of fused-ring (bicyclic) bond motifs is 2. The summed E-state index contributed by atoms with van der Waals surface area (Å²) in [5.74, 6) is -1.98. The highest BCUT2D eigenvalue weighted by molar-refractivity contribution is 7.99. The van der Waals surface area contributed by atoms with E-state index in [4.69, 9.17) is 0 Å². The van der Waals surface area contributed by atoms with E-state index < -0.39 is 23.4 Å². The standard InChI is InChI=1S/C21H14F2N2O2S/c1-11-2-5-16(15(23)8-11)24-20(26)12-3-6-19-17(9-12)25-21(27)14-10-13(22)4-7-18(14)28-19/h2-10H,1H3,(H,24,26)(H,25,27). The number of carbonyl (C=O) groups excluding carboxylic acids is 2. The van der Waals surface area contributed by atoms with Crippen LogP contribution in [0.15, 0.2) is 64.4 Å². The maximum absolute atomic E-state index is 14.0. The van der Waals surface area contributed by atoms with Crippen LogP contribution in [0.4, 0.5) is 20.2 Å². The number of amides is 2. The van der Waals surface area contributed by atoms with E-state index in [0.717, 1.165) is 10.5 Å². The molecule has 0 saturated heterocycles. The van der Waals surface area contributed by atoms with Gasteiger partial charge in [0.05, 0.1) is 16.9 Å². The van der Waals surface area contributed by atoms with Crippen LogP contribution in [-0.4, -0.2) is 11.8 Å². The summed E-state index contributed by atoms with van der Waals surface area (Å²) >= 11 is 1.30. The molecule has 2 N–H and O–H groups in total. The van der Waals surface area contributed by atoms with Gasteiger partial charge in [-0.1, -0.05) is 17.8 Å². The Hall–Kier alpha value is -3.19. The highest BCUT2D eigenvalue weighted by Gasteiger charge is 2.22. The molecule has 1 aliphatic rings. The number of rotatable bonds is 2. The number of hydrogen-bond acceptors (Lipinski definition) is 3. The van der Waals surface area contributed by atoms with E-state index in [1.54, 1.807) is 31.2 Å². The Morgan fingerprint density at radius 2 is 1.79 bits per heavy atom. The third kappa shape index (κ3) is 3.48. The minimum Gasteiger partial charge on any atom is -0.321 e. The van der Waals surface area contributed by atoms with E-state index >= 15 is 0 Å². The number of halogens is 2. The highest BCUT2D eigenvalue weighted by atomic mass is 32.2. The molecule has 28 heavy (non-hydrogen) atoms. The lowest BCUT2D eigenvalue weighted by molar-refractivity contribution is 0.101. The van der Waals surface area contributed by atoms with Crippen molar-refractivity contribution < 1.29 is 18.4 Å². The van der Waals surface area contributed by atoms with E-state index in [1.807, 2.05) is 0 Å².